The molecule has 106 valence electrons. The van der Waals surface area contributed by atoms with Gasteiger partial charge in [0.1, 0.15) is 5.82 Å². The maximum atomic E-state index is 6.39. The third-order valence-electron chi connectivity index (χ3n) is 4.41. The second-order valence-electron chi connectivity index (χ2n) is 6.83. The quantitative estimate of drug-likeness (QED) is 0.912. The summed E-state index contributed by atoms with van der Waals surface area (Å²) in [6, 6.07) is 10.2. The van der Waals surface area contributed by atoms with Crippen LogP contribution >= 0.6 is 0 Å². The van der Waals surface area contributed by atoms with E-state index in [0.29, 0.717) is 17.3 Å². The lowest BCUT2D eigenvalue weighted by atomic mass is 9.97. The van der Waals surface area contributed by atoms with Gasteiger partial charge in [0.15, 0.2) is 0 Å². The Hall–Kier alpha value is -1.77. The Bertz CT molecular complexity index is 623. The van der Waals surface area contributed by atoms with Crippen LogP contribution in [0.3, 0.4) is 0 Å². The summed E-state index contributed by atoms with van der Waals surface area (Å²) in [7, 11) is 0. The van der Waals surface area contributed by atoms with Gasteiger partial charge >= 0.3 is 0 Å². The first-order chi connectivity index (χ1) is 9.42. The Morgan fingerprint density at radius 1 is 1.25 bits per heavy atom. The van der Waals surface area contributed by atoms with Crippen molar-refractivity contribution in [2.24, 2.45) is 5.41 Å². The van der Waals surface area contributed by atoms with E-state index in [2.05, 4.69) is 39.8 Å². The van der Waals surface area contributed by atoms with Gasteiger partial charge in [-0.15, -0.1) is 0 Å². The summed E-state index contributed by atoms with van der Waals surface area (Å²) in [5.41, 5.74) is 10.2. The largest absolute Gasteiger partial charge is 0.383 e. The summed E-state index contributed by atoms with van der Waals surface area (Å²) in [4.78, 5) is 0. The van der Waals surface area contributed by atoms with Gasteiger partial charge in [-0.3, -0.25) is 0 Å². The van der Waals surface area contributed by atoms with Crippen LogP contribution in [-0.2, 0) is 0 Å². The van der Waals surface area contributed by atoms with Crippen LogP contribution in [0.25, 0.3) is 5.69 Å². The molecule has 3 nitrogen and oxygen atoms in total. The molecule has 1 aliphatic rings. The van der Waals surface area contributed by atoms with Crippen molar-refractivity contribution in [2.45, 2.75) is 46.0 Å². The van der Waals surface area contributed by atoms with Crippen molar-refractivity contribution < 1.29 is 0 Å². The molecule has 1 atom stereocenters. The number of para-hydroxylation sites is 1. The molecule has 0 bridgehead atoms. The standard InChI is InChI=1S/C17H23N3/c1-11(2)14-15(13-10-17(13,3)4)19-20(16(14)18)12-8-6-5-7-9-12/h5-9,11,13H,10,18H2,1-4H3. The molecule has 1 aromatic carbocycles. The van der Waals surface area contributed by atoms with Crippen LogP contribution in [0.4, 0.5) is 5.82 Å². The molecule has 3 heteroatoms. The third-order valence-corrected chi connectivity index (χ3v) is 4.41. The molecule has 0 spiro atoms. The van der Waals surface area contributed by atoms with Crippen LogP contribution in [0.15, 0.2) is 30.3 Å². The molecule has 1 fully saturated rings. The summed E-state index contributed by atoms with van der Waals surface area (Å²) in [6.45, 7) is 9.00. The van der Waals surface area contributed by atoms with Gasteiger partial charge in [-0.2, -0.15) is 5.10 Å². The molecule has 1 unspecified atom stereocenters. The predicted molar refractivity (Wildman–Crippen MR) is 83.2 cm³/mol. The van der Waals surface area contributed by atoms with E-state index < -0.39 is 0 Å². The Morgan fingerprint density at radius 3 is 2.35 bits per heavy atom. The second-order valence-corrected chi connectivity index (χ2v) is 6.83. The smallest absolute Gasteiger partial charge is 0.130 e. The van der Waals surface area contributed by atoms with Gasteiger partial charge in [-0.05, 0) is 29.9 Å². The van der Waals surface area contributed by atoms with Gasteiger partial charge in [0.2, 0.25) is 0 Å². The maximum Gasteiger partial charge on any atom is 0.130 e. The van der Waals surface area contributed by atoms with Crippen molar-refractivity contribution in [3.8, 4) is 5.69 Å². The number of hydrogen-bond acceptors (Lipinski definition) is 2. The first-order valence-electron chi connectivity index (χ1n) is 7.35. The average molecular weight is 269 g/mol. The molecule has 20 heavy (non-hydrogen) atoms. The van der Waals surface area contributed by atoms with Crippen molar-refractivity contribution in [1.29, 1.82) is 0 Å². The van der Waals surface area contributed by atoms with Crippen LogP contribution in [0, 0.1) is 5.41 Å². The number of anilines is 1. The van der Waals surface area contributed by atoms with E-state index in [1.807, 2.05) is 22.9 Å². The molecular formula is C17H23N3. The lowest BCUT2D eigenvalue weighted by Gasteiger charge is -2.08. The lowest BCUT2D eigenvalue weighted by Crippen LogP contribution is -2.03. The van der Waals surface area contributed by atoms with Gasteiger partial charge in [-0.1, -0.05) is 45.9 Å². The first kappa shape index (κ1) is 13.2. The zero-order valence-corrected chi connectivity index (χ0v) is 12.7. The maximum absolute atomic E-state index is 6.39. The van der Waals surface area contributed by atoms with Crippen LogP contribution in [-0.4, -0.2) is 9.78 Å². The fourth-order valence-electron chi connectivity index (χ4n) is 3.01. The van der Waals surface area contributed by atoms with Gasteiger partial charge in [0, 0.05) is 11.5 Å². The normalized spacial score (nSPS) is 20.4. The van der Waals surface area contributed by atoms with Crippen LogP contribution in [0.5, 0.6) is 0 Å². The summed E-state index contributed by atoms with van der Waals surface area (Å²) >= 11 is 0. The Morgan fingerprint density at radius 2 is 1.85 bits per heavy atom. The van der Waals surface area contributed by atoms with Crippen LogP contribution < -0.4 is 5.73 Å². The van der Waals surface area contributed by atoms with Crippen molar-refractivity contribution >= 4 is 5.82 Å². The highest BCUT2D eigenvalue weighted by Gasteiger charge is 2.49. The van der Waals surface area contributed by atoms with E-state index in [9.17, 15) is 0 Å². The molecule has 2 aromatic rings. The number of nitrogens with two attached hydrogens (primary N) is 1. The molecule has 2 N–H and O–H groups in total. The minimum Gasteiger partial charge on any atom is -0.383 e. The molecule has 1 aromatic heterocycles. The second kappa shape index (κ2) is 4.37. The average Bonchev–Trinajstić information content (AvgIpc) is 2.89. The van der Waals surface area contributed by atoms with E-state index in [-0.39, 0.29) is 0 Å². The number of hydrogen-bond donors (Lipinski definition) is 1. The molecule has 0 saturated heterocycles. The molecule has 1 saturated carbocycles. The zero-order valence-electron chi connectivity index (χ0n) is 12.7. The first-order valence-corrected chi connectivity index (χ1v) is 7.35. The minimum atomic E-state index is 0.367. The molecule has 1 heterocycles. The fourth-order valence-corrected chi connectivity index (χ4v) is 3.01. The Balaban J connectivity index is 2.12. The highest BCUT2D eigenvalue weighted by atomic mass is 15.3. The minimum absolute atomic E-state index is 0.367. The molecular weight excluding hydrogens is 246 g/mol. The van der Waals surface area contributed by atoms with Crippen LogP contribution in [0.2, 0.25) is 0 Å². The SMILES string of the molecule is CC(C)c1c(C2CC2(C)C)nn(-c2ccccc2)c1N. The van der Waals surface area contributed by atoms with Gasteiger partial charge in [0.05, 0.1) is 11.4 Å². The van der Waals surface area contributed by atoms with Gasteiger partial charge in [-0.25, -0.2) is 4.68 Å². The summed E-state index contributed by atoms with van der Waals surface area (Å²) in [5.74, 6) is 1.75. The molecule has 1 aliphatic carbocycles. The summed E-state index contributed by atoms with van der Waals surface area (Å²) in [6.07, 6.45) is 1.21. The molecule has 3 rings (SSSR count). The van der Waals surface area contributed by atoms with Crippen molar-refractivity contribution in [1.82, 2.24) is 9.78 Å². The van der Waals surface area contributed by atoms with E-state index in [1.54, 1.807) is 0 Å². The number of aromatic nitrogens is 2. The van der Waals surface area contributed by atoms with Crippen molar-refractivity contribution in [2.75, 3.05) is 5.73 Å². The summed E-state index contributed by atoms with van der Waals surface area (Å²) in [5, 5.41) is 4.85. The van der Waals surface area contributed by atoms with E-state index in [1.165, 1.54) is 17.7 Å². The molecule has 0 amide bonds. The highest BCUT2D eigenvalue weighted by molar-refractivity contribution is 5.53. The molecule has 0 radical (unpaired) electrons. The highest BCUT2D eigenvalue weighted by Crippen LogP contribution is 2.59. The number of nitrogen functional groups attached to an aromatic ring is 1. The topological polar surface area (TPSA) is 43.8 Å². The number of rotatable bonds is 3. The molecule has 0 aliphatic heterocycles. The van der Waals surface area contributed by atoms with E-state index >= 15 is 0 Å². The van der Waals surface area contributed by atoms with E-state index in [0.717, 1.165) is 11.5 Å². The number of benzene rings is 1. The monoisotopic (exact) mass is 269 g/mol. The lowest BCUT2D eigenvalue weighted by molar-refractivity contribution is 0.609. The zero-order chi connectivity index (χ0) is 14.5. The van der Waals surface area contributed by atoms with Gasteiger partial charge in [0.25, 0.3) is 0 Å². The van der Waals surface area contributed by atoms with Crippen LogP contribution in [0.1, 0.15) is 57.2 Å². The fraction of sp³-hybridized carbons (Fsp3) is 0.471. The third kappa shape index (κ3) is 2.01. The Kier molecular flexibility index (Phi) is 2.89. The summed E-state index contributed by atoms with van der Waals surface area (Å²) < 4.78 is 1.90. The Labute approximate surface area is 120 Å². The van der Waals surface area contributed by atoms with E-state index in [4.69, 9.17) is 10.8 Å². The van der Waals surface area contributed by atoms with Crippen molar-refractivity contribution in [3.63, 3.8) is 0 Å². The van der Waals surface area contributed by atoms with Crippen molar-refractivity contribution in [3.05, 3.63) is 41.6 Å². The van der Waals surface area contributed by atoms with Gasteiger partial charge < -0.3 is 5.73 Å². The predicted octanol–water partition coefficient (Wildman–Crippen LogP) is 4.09. The number of nitrogens with zero attached hydrogens (tertiary/aromatic N) is 2.